The van der Waals surface area contributed by atoms with Crippen LogP contribution in [0.1, 0.15) is 31.2 Å². The second kappa shape index (κ2) is 8.88. The third-order valence-corrected chi connectivity index (χ3v) is 6.39. The first-order chi connectivity index (χ1) is 16.3. The maximum atomic E-state index is 13.8. The lowest BCUT2D eigenvalue weighted by atomic mass is 9.92. The number of aromatic nitrogens is 4. The van der Waals surface area contributed by atoms with E-state index in [1.807, 2.05) is 0 Å². The van der Waals surface area contributed by atoms with E-state index in [9.17, 15) is 13.2 Å². The number of fused-ring (bicyclic) bond motifs is 1. The fourth-order valence-electron chi connectivity index (χ4n) is 4.31. The van der Waals surface area contributed by atoms with E-state index in [1.54, 1.807) is 30.3 Å². The molecule has 176 valence electrons. The Morgan fingerprint density at radius 3 is 2.47 bits per heavy atom. The van der Waals surface area contributed by atoms with Crippen molar-refractivity contribution in [2.24, 2.45) is 5.73 Å². The Balaban J connectivity index is 1.60. The SMILES string of the molecule is NC1CCC(Nc2ncc(Cl)c(-c3cnc4c(-c5ccccc5)cc(C(F)(F)F)cn34)n2)CC1. The minimum absolute atomic E-state index is 0.178. The number of benzene rings is 1. The van der Waals surface area contributed by atoms with E-state index < -0.39 is 11.7 Å². The zero-order chi connectivity index (χ0) is 23.9. The van der Waals surface area contributed by atoms with Crippen molar-refractivity contribution in [3.8, 4) is 22.5 Å². The number of halogens is 4. The van der Waals surface area contributed by atoms with Crippen LogP contribution >= 0.6 is 11.6 Å². The monoisotopic (exact) mass is 486 g/mol. The Hall–Kier alpha value is -3.17. The van der Waals surface area contributed by atoms with Crippen molar-refractivity contribution in [2.45, 2.75) is 43.9 Å². The number of anilines is 1. The summed E-state index contributed by atoms with van der Waals surface area (Å²) >= 11 is 6.40. The molecule has 5 rings (SSSR count). The van der Waals surface area contributed by atoms with E-state index in [-0.39, 0.29) is 17.1 Å². The van der Waals surface area contributed by atoms with E-state index in [1.165, 1.54) is 16.8 Å². The molecule has 10 heteroatoms. The van der Waals surface area contributed by atoms with Crippen LogP contribution in [0.4, 0.5) is 19.1 Å². The summed E-state index contributed by atoms with van der Waals surface area (Å²) < 4.78 is 42.7. The topological polar surface area (TPSA) is 81.1 Å². The maximum Gasteiger partial charge on any atom is 0.417 e. The molecule has 0 atom stereocenters. The Morgan fingerprint density at radius 1 is 1.03 bits per heavy atom. The van der Waals surface area contributed by atoms with Crippen LogP contribution in [-0.2, 0) is 6.18 Å². The van der Waals surface area contributed by atoms with Crippen LogP contribution in [0, 0.1) is 0 Å². The molecule has 1 saturated carbocycles. The van der Waals surface area contributed by atoms with Gasteiger partial charge < -0.3 is 11.1 Å². The molecule has 0 bridgehead atoms. The molecule has 3 N–H and O–H groups in total. The van der Waals surface area contributed by atoms with Crippen LogP contribution < -0.4 is 11.1 Å². The van der Waals surface area contributed by atoms with Gasteiger partial charge in [-0.3, -0.25) is 4.40 Å². The van der Waals surface area contributed by atoms with E-state index in [0.29, 0.717) is 34.1 Å². The third kappa shape index (κ3) is 4.45. The van der Waals surface area contributed by atoms with Gasteiger partial charge in [0.15, 0.2) is 0 Å². The van der Waals surface area contributed by atoms with Crippen molar-refractivity contribution in [3.63, 3.8) is 0 Å². The molecule has 0 aliphatic heterocycles. The van der Waals surface area contributed by atoms with Crippen molar-refractivity contribution < 1.29 is 13.2 Å². The summed E-state index contributed by atoms with van der Waals surface area (Å²) in [6.45, 7) is 0. The number of rotatable bonds is 4. The Labute approximate surface area is 199 Å². The highest BCUT2D eigenvalue weighted by Crippen LogP contribution is 2.37. The van der Waals surface area contributed by atoms with Crippen molar-refractivity contribution in [2.75, 3.05) is 5.32 Å². The molecule has 3 heterocycles. The van der Waals surface area contributed by atoms with Crippen LogP contribution in [0.15, 0.2) is 55.0 Å². The van der Waals surface area contributed by atoms with Crippen LogP contribution in [-0.4, -0.2) is 31.4 Å². The van der Waals surface area contributed by atoms with Crippen LogP contribution in [0.5, 0.6) is 0 Å². The van der Waals surface area contributed by atoms with Gasteiger partial charge in [-0.2, -0.15) is 13.2 Å². The summed E-state index contributed by atoms with van der Waals surface area (Å²) in [5.74, 6) is 0.366. The average molecular weight is 487 g/mol. The molecule has 0 saturated heterocycles. The number of nitrogens with zero attached hydrogens (tertiary/aromatic N) is 4. The second-order valence-corrected chi connectivity index (χ2v) is 8.90. The Kier molecular flexibility index (Phi) is 5.91. The number of nitrogens with two attached hydrogens (primary N) is 1. The Bertz CT molecular complexity index is 1310. The van der Waals surface area contributed by atoms with E-state index >= 15 is 0 Å². The fourth-order valence-corrected chi connectivity index (χ4v) is 4.50. The highest BCUT2D eigenvalue weighted by Gasteiger charge is 2.32. The summed E-state index contributed by atoms with van der Waals surface area (Å²) in [6.07, 6.45) is 3.04. The summed E-state index contributed by atoms with van der Waals surface area (Å²) in [5, 5.41) is 3.52. The molecule has 34 heavy (non-hydrogen) atoms. The zero-order valence-corrected chi connectivity index (χ0v) is 18.8. The predicted molar refractivity (Wildman–Crippen MR) is 126 cm³/mol. The summed E-state index contributed by atoms with van der Waals surface area (Å²) in [7, 11) is 0. The van der Waals surface area contributed by atoms with Gasteiger partial charge in [0.25, 0.3) is 0 Å². The molecule has 3 aromatic heterocycles. The summed E-state index contributed by atoms with van der Waals surface area (Å²) in [5.41, 5.74) is 7.21. The van der Waals surface area contributed by atoms with Crippen LogP contribution in [0.2, 0.25) is 5.02 Å². The molecule has 0 radical (unpaired) electrons. The molecule has 1 aromatic carbocycles. The predicted octanol–water partition coefficient (Wildman–Crippen LogP) is 5.81. The average Bonchev–Trinajstić information content (AvgIpc) is 3.25. The first-order valence-corrected chi connectivity index (χ1v) is 11.4. The van der Waals surface area contributed by atoms with Crippen molar-refractivity contribution in [1.82, 2.24) is 19.4 Å². The zero-order valence-electron chi connectivity index (χ0n) is 18.1. The van der Waals surface area contributed by atoms with Gasteiger partial charge in [0.1, 0.15) is 11.3 Å². The van der Waals surface area contributed by atoms with E-state index in [2.05, 4.69) is 20.3 Å². The van der Waals surface area contributed by atoms with Gasteiger partial charge in [0, 0.05) is 23.8 Å². The molecular weight excluding hydrogens is 465 g/mol. The van der Waals surface area contributed by atoms with Gasteiger partial charge in [0.05, 0.1) is 28.7 Å². The molecular formula is C24H22ClF3N6. The first-order valence-electron chi connectivity index (χ1n) is 11.0. The summed E-state index contributed by atoms with van der Waals surface area (Å²) in [4.78, 5) is 13.2. The number of alkyl halides is 3. The number of imidazole rings is 1. The number of nitrogens with one attached hydrogen (secondary N) is 1. The number of hydrogen-bond donors (Lipinski definition) is 2. The molecule has 1 aliphatic carbocycles. The molecule has 1 fully saturated rings. The van der Waals surface area contributed by atoms with Gasteiger partial charge in [-0.05, 0) is 37.3 Å². The molecule has 0 spiro atoms. The van der Waals surface area contributed by atoms with Crippen molar-refractivity contribution >= 4 is 23.2 Å². The molecule has 0 unspecified atom stereocenters. The van der Waals surface area contributed by atoms with Crippen molar-refractivity contribution in [3.05, 3.63) is 65.6 Å². The normalized spacial score (nSPS) is 18.9. The van der Waals surface area contributed by atoms with Crippen molar-refractivity contribution in [1.29, 1.82) is 0 Å². The second-order valence-electron chi connectivity index (χ2n) is 8.49. The minimum atomic E-state index is -4.54. The van der Waals surface area contributed by atoms with Gasteiger partial charge in [-0.1, -0.05) is 41.9 Å². The first kappa shape index (κ1) is 22.6. The fraction of sp³-hybridized carbons (Fsp3) is 0.292. The van der Waals surface area contributed by atoms with E-state index in [0.717, 1.165) is 37.9 Å². The molecule has 4 aromatic rings. The molecule has 1 aliphatic rings. The number of pyridine rings is 1. The molecule has 6 nitrogen and oxygen atoms in total. The molecule has 0 amide bonds. The van der Waals surface area contributed by atoms with Crippen LogP contribution in [0.25, 0.3) is 28.2 Å². The van der Waals surface area contributed by atoms with Crippen LogP contribution in [0.3, 0.4) is 0 Å². The lowest BCUT2D eigenvalue weighted by Crippen LogP contribution is -2.33. The lowest BCUT2D eigenvalue weighted by molar-refractivity contribution is -0.137. The standard InChI is InChI=1S/C24H22ClF3N6/c25-19-11-31-23(32-17-8-6-16(29)7-9-17)33-21(19)20-12-30-22-18(14-4-2-1-3-5-14)10-15(13-34(20)22)24(26,27)28/h1-5,10-13,16-17H,6-9,29H2,(H,31,32,33). The highest BCUT2D eigenvalue weighted by atomic mass is 35.5. The minimum Gasteiger partial charge on any atom is -0.351 e. The van der Waals surface area contributed by atoms with Gasteiger partial charge in [-0.25, -0.2) is 15.0 Å². The highest BCUT2D eigenvalue weighted by molar-refractivity contribution is 6.32. The third-order valence-electron chi connectivity index (χ3n) is 6.11. The smallest absolute Gasteiger partial charge is 0.351 e. The maximum absolute atomic E-state index is 13.8. The van der Waals surface area contributed by atoms with Gasteiger partial charge >= 0.3 is 6.18 Å². The van der Waals surface area contributed by atoms with Gasteiger partial charge in [-0.15, -0.1) is 0 Å². The lowest BCUT2D eigenvalue weighted by Gasteiger charge is -2.26. The largest absolute Gasteiger partial charge is 0.417 e. The van der Waals surface area contributed by atoms with E-state index in [4.69, 9.17) is 17.3 Å². The van der Waals surface area contributed by atoms with Gasteiger partial charge in [0.2, 0.25) is 5.95 Å². The summed E-state index contributed by atoms with van der Waals surface area (Å²) in [6, 6.07) is 10.3. The number of hydrogen-bond acceptors (Lipinski definition) is 5. The Morgan fingerprint density at radius 2 is 1.76 bits per heavy atom. The quantitative estimate of drug-likeness (QED) is 0.380.